The summed E-state index contributed by atoms with van der Waals surface area (Å²) in [4.78, 5) is 1.03. The lowest BCUT2D eigenvalue weighted by Gasteiger charge is -2.04. The summed E-state index contributed by atoms with van der Waals surface area (Å²) in [6.45, 7) is 0. The van der Waals surface area contributed by atoms with Crippen molar-refractivity contribution < 1.29 is 0 Å². The molecule has 0 bridgehead atoms. The molecule has 2 aromatic heterocycles. The summed E-state index contributed by atoms with van der Waals surface area (Å²) in [6.07, 6.45) is 0. The van der Waals surface area contributed by atoms with E-state index in [1.54, 1.807) is 22.7 Å². The van der Waals surface area contributed by atoms with Gasteiger partial charge in [0.2, 0.25) is 0 Å². The molecule has 13 heavy (non-hydrogen) atoms. The molecule has 0 radical (unpaired) electrons. The Kier molecular flexibility index (Phi) is 2.94. The van der Waals surface area contributed by atoms with Crippen LogP contribution in [0, 0.1) is 0 Å². The summed E-state index contributed by atoms with van der Waals surface area (Å²) in [5, 5.41) is 6.69. The molecule has 0 amide bonds. The van der Waals surface area contributed by atoms with Gasteiger partial charge in [0, 0.05) is 4.88 Å². The minimum absolute atomic E-state index is 0.0984. The van der Waals surface area contributed by atoms with Crippen molar-refractivity contribution in [3.8, 4) is 0 Å². The Morgan fingerprint density at radius 3 is 2.62 bits per heavy atom. The molecule has 0 aliphatic rings. The highest BCUT2D eigenvalue weighted by molar-refractivity contribution is 7.11. The van der Waals surface area contributed by atoms with E-state index in [1.807, 2.05) is 28.3 Å². The standard InChI is InChI=1S/C9H6Cl2S2/c10-7-2-4-13-9(7)8(11)6-1-3-12-5-6/h1-5,8H. The van der Waals surface area contributed by atoms with Crippen molar-refractivity contribution in [2.45, 2.75) is 5.38 Å². The van der Waals surface area contributed by atoms with E-state index >= 15 is 0 Å². The zero-order valence-electron chi connectivity index (χ0n) is 6.54. The summed E-state index contributed by atoms with van der Waals surface area (Å²) in [6, 6.07) is 3.90. The van der Waals surface area contributed by atoms with Crippen LogP contribution in [0.15, 0.2) is 28.3 Å². The predicted octanol–water partition coefficient (Wildman–Crippen LogP) is 4.79. The summed E-state index contributed by atoms with van der Waals surface area (Å²) in [7, 11) is 0. The van der Waals surface area contributed by atoms with Crippen LogP contribution in [-0.4, -0.2) is 0 Å². The fourth-order valence-corrected chi connectivity index (χ4v) is 3.45. The third kappa shape index (κ3) is 1.91. The van der Waals surface area contributed by atoms with E-state index in [9.17, 15) is 0 Å². The summed E-state index contributed by atoms with van der Waals surface area (Å²) >= 11 is 15.5. The average molecular weight is 249 g/mol. The van der Waals surface area contributed by atoms with Crippen LogP contribution in [0.25, 0.3) is 0 Å². The molecule has 2 rings (SSSR count). The average Bonchev–Trinajstić information content (AvgIpc) is 2.72. The quantitative estimate of drug-likeness (QED) is 0.671. The van der Waals surface area contributed by atoms with Gasteiger partial charge in [-0.2, -0.15) is 11.3 Å². The summed E-state index contributed by atoms with van der Waals surface area (Å²) < 4.78 is 0. The molecule has 0 spiro atoms. The highest BCUT2D eigenvalue weighted by atomic mass is 35.5. The smallest absolute Gasteiger partial charge is 0.0950 e. The molecule has 2 aromatic rings. The second kappa shape index (κ2) is 4.01. The van der Waals surface area contributed by atoms with Gasteiger partial charge in [0.05, 0.1) is 10.4 Å². The van der Waals surface area contributed by atoms with Gasteiger partial charge < -0.3 is 0 Å². The molecule has 1 atom stereocenters. The Morgan fingerprint density at radius 2 is 2.08 bits per heavy atom. The minimum atomic E-state index is -0.0984. The maximum absolute atomic E-state index is 6.25. The van der Waals surface area contributed by atoms with Gasteiger partial charge in [0.25, 0.3) is 0 Å². The van der Waals surface area contributed by atoms with E-state index in [1.165, 1.54) is 0 Å². The van der Waals surface area contributed by atoms with E-state index < -0.39 is 0 Å². The second-order valence-corrected chi connectivity index (χ2v) is 5.12. The molecule has 0 aliphatic carbocycles. The van der Waals surface area contributed by atoms with Crippen LogP contribution in [0.4, 0.5) is 0 Å². The fraction of sp³-hybridized carbons (Fsp3) is 0.111. The molecule has 0 nitrogen and oxygen atoms in total. The van der Waals surface area contributed by atoms with Crippen LogP contribution in [-0.2, 0) is 0 Å². The highest BCUT2D eigenvalue weighted by Crippen LogP contribution is 2.37. The lowest BCUT2D eigenvalue weighted by atomic mass is 10.2. The fourth-order valence-electron chi connectivity index (χ4n) is 1.06. The number of thiophene rings is 2. The van der Waals surface area contributed by atoms with Gasteiger partial charge in [0.1, 0.15) is 0 Å². The lowest BCUT2D eigenvalue weighted by Crippen LogP contribution is -1.86. The predicted molar refractivity (Wildman–Crippen MR) is 61.3 cm³/mol. The monoisotopic (exact) mass is 248 g/mol. The number of hydrogen-bond acceptors (Lipinski definition) is 2. The van der Waals surface area contributed by atoms with Crippen molar-refractivity contribution in [1.82, 2.24) is 0 Å². The Morgan fingerprint density at radius 1 is 1.23 bits per heavy atom. The largest absolute Gasteiger partial charge is 0.152 e. The van der Waals surface area contributed by atoms with Crippen molar-refractivity contribution >= 4 is 45.9 Å². The van der Waals surface area contributed by atoms with Gasteiger partial charge in [-0.3, -0.25) is 0 Å². The third-order valence-electron chi connectivity index (χ3n) is 1.71. The molecule has 0 saturated heterocycles. The second-order valence-electron chi connectivity index (χ2n) is 2.55. The van der Waals surface area contributed by atoms with Crippen LogP contribution >= 0.6 is 45.9 Å². The zero-order valence-corrected chi connectivity index (χ0v) is 9.68. The minimum Gasteiger partial charge on any atom is -0.152 e. The van der Waals surface area contributed by atoms with Crippen LogP contribution < -0.4 is 0 Å². The van der Waals surface area contributed by atoms with Gasteiger partial charge in [-0.05, 0) is 33.8 Å². The van der Waals surface area contributed by atoms with Crippen molar-refractivity contribution in [3.63, 3.8) is 0 Å². The van der Waals surface area contributed by atoms with Gasteiger partial charge in [-0.1, -0.05) is 11.6 Å². The molecular weight excluding hydrogens is 243 g/mol. The molecule has 1 unspecified atom stereocenters. The van der Waals surface area contributed by atoms with Crippen LogP contribution in [0.1, 0.15) is 15.8 Å². The van der Waals surface area contributed by atoms with E-state index in [-0.39, 0.29) is 5.38 Å². The van der Waals surface area contributed by atoms with Crippen molar-refractivity contribution in [2.75, 3.05) is 0 Å². The lowest BCUT2D eigenvalue weighted by molar-refractivity contribution is 1.20. The summed E-state index contributed by atoms with van der Waals surface area (Å²) in [5.74, 6) is 0. The molecule has 2 heterocycles. The first-order valence-electron chi connectivity index (χ1n) is 3.68. The topological polar surface area (TPSA) is 0 Å². The van der Waals surface area contributed by atoms with Crippen LogP contribution in [0.5, 0.6) is 0 Å². The van der Waals surface area contributed by atoms with Crippen molar-refractivity contribution in [1.29, 1.82) is 0 Å². The Balaban J connectivity index is 2.33. The van der Waals surface area contributed by atoms with Gasteiger partial charge >= 0.3 is 0 Å². The van der Waals surface area contributed by atoms with Gasteiger partial charge in [0.15, 0.2) is 0 Å². The molecule has 68 valence electrons. The molecular formula is C9H6Cl2S2. The number of alkyl halides is 1. The van der Waals surface area contributed by atoms with E-state index in [4.69, 9.17) is 23.2 Å². The van der Waals surface area contributed by atoms with Crippen molar-refractivity contribution in [3.05, 3.63) is 43.7 Å². The van der Waals surface area contributed by atoms with E-state index in [0.29, 0.717) is 0 Å². The highest BCUT2D eigenvalue weighted by Gasteiger charge is 2.15. The maximum Gasteiger partial charge on any atom is 0.0950 e. The maximum atomic E-state index is 6.25. The van der Waals surface area contributed by atoms with Crippen LogP contribution in [0.2, 0.25) is 5.02 Å². The normalized spacial score (nSPS) is 13.1. The van der Waals surface area contributed by atoms with E-state index in [0.717, 1.165) is 15.5 Å². The number of hydrogen-bond donors (Lipinski definition) is 0. The molecule has 0 N–H and O–H groups in total. The molecule has 0 fully saturated rings. The van der Waals surface area contributed by atoms with Gasteiger partial charge in [-0.15, -0.1) is 22.9 Å². The molecule has 4 heteroatoms. The van der Waals surface area contributed by atoms with Crippen LogP contribution in [0.3, 0.4) is 0 Å². The SMILES string of the molecule is Clc1ccsc1C(Cl)c1ccsc1. The molecule has 0 saturated carbocycles. The summed E-state index contributed by atoms with van der Waals surface area (Å²) in [5.41, 5.74) is 1.12. The molecule has 0 aromatic carbocycles. The third-order valence-corrected chi connectivity index (χ3v) is 4.44. The number of halogens is 2. The van der Waals surface area contributed by atoms with E-state index in [2.05, 4.69) is 0 Å². The Bertz CT molecular complexity index is 378. The number of rotatable bonds is 2. The first-order chi connectivity index (χ1) is 6.29. The van der Waals surface area contributed by atoms with Crippen molar-refractivity contribution in [2.24, 2.45) is 0 Å². The Hall–Kier alpha value is -0.0200. The first kappa shape index (κ1) is 9.53. The Labute approximate surface area is 94.7 Å². The molecule has 0 aliphatic heterocycles. The zero-order chi connectivity index (χ0) is 9.26. The first-order valence-corrected chi connectivity index (χ1v) is 6.32. The van der Waals surface area contributed by atoms with Gasteiger partial charge in [-0.25, -0.2) is 0 Å².